The summed E-state index contributed by atoms with van der Waals surface area (Å²) in [6, 6.07) is 0. The monoisotopic (exact) mass is 202 g/mol. The average Bonchev–Trinajstić information content (AvgIpc) is 2.22. The highest BCUT2D eigenvalue weighted by molar-refractivity contribution is 5.66. The molecular weight excluding hydrogens is 180 g/mol. The van der Waals surface area contributed by atoms with Crippen LogP contribution in [-0.2, 0) is 4.74 Å². The summed E-state index contributed by atoms with van der Waals surface area (Å²) >= 11 is 0. The van der Waals surface area contributed by atoms with E-state index < -0.39 is 0 Å². The van der Waals surface area contributed by atoms with Gasteiger partial charge in [0, 0.05) is 6.54 Å². The van der Waals surface area contributed by atoms with E-state index in [1.807, 2.05) is 0 Å². The first kappa shape index (κ1) is 13.2. The second-order valence-electron chi connectivity index (χ2n) is 3.21. The van der Waals surface area contributed by atoms with Crippen LogP contribution >= 0.6 is 0 Å². The van der Waals surface area contributed by atoms with Gasteiger partial charge in [-0.2, -0.15) is 0 Å². The number of nitrogens with zero attached hydrogens (tertiary/aromatic N) is 1. The lowest BCUT2D eigenvalue weighted by Crippen LogP contribution is -2.30. The van der Waals surface area contributed by atoms with Crippen molar-refractivity contribution in [1.82, 2.24) is 10.2 Å². The van der Waals surface area contributed by atoms with Crippen molar-refractivity contribution < 1.29 is 9.53 Å². The maximum absolute atomic E-state index is 10.7. The Labute approximate surface area is 86.6 Å². The van der Waals surface area contributed by atoms with Gasteiger partial charge in [-0.1, -0.05) is 13.8 Å². The third kappa shape index (κ3) is 6.71. The SMILES string of the molecule is CCCN(CC)CCCNC(=O)OC. The van der Waals surface area contributed by atoms with Gasteiger partial charge in [-0.25, -0.2) is 4.79 Å². The maximum Gasteiger partial charge on any atom is 0.406 e. The van der Waals surface area contributed by atoms with E-state index in [9.17, 15) is 4.79 Å². The molecule has 0 saturated heterocycles. The summed E-state index contributed by atoms with van der Waals surface area (Å²) in [6.45, 7) is 8.26. The number of hydrogen-bond donors (Lipinski definition) is 1. The Morgan fingerprint density at radius 2 is 2.07 bits per heavy atom. The summed E-state index contributed by atoms with van der Waals surface area (Å²) in [5.74, 6) is 0. The summed E-state index contributed by atoms with van der Waals surface area (Å²) < 4.78 is 4.47. The van der Waals surface area contributed by atoms with E-state index in [0.717, 1.165) is 26.1 Å². The van der Waals surface area contributed by atoms with Gasteiger partial charge in [-0.3, -0.25) is 0 Å². The van der Waals surface area contributed by atoms with Crippen LogP contribution in [-0.4, -0.2) is 44.3 Å². The normalized spacial score (nSPS) is 10.3. The first-order valence-corrected chi connectivity index (χ1v) is 5.28. The van der Waals surface area contributed by atoms with Crippen molar-refractivity contribution in [2.45, 2.75) is 26.7 Å². The van der Waals surface area contributed by atoms with E-state index in [-0.39, 0.29) is 6.09 Å². The predicted molar refractivity (Wildman–Crippen MR) is 57.4 cm³/mol. The number of ether oxygens (including phenoxy) is 1. The van der Waals surface area contributed by atoms with Crippen molar-refractivity contribution in [3.8, 4) is 0 Å². The minimum Gasteiger partial charge on any atom is -0.453 e. The van der Waals surface area contributed by atoms with E-state index >= 15 is 0 Å². The van der Waals surface area contributed by atoms with Gasteiger partial charge in [-0.05, 0) is 32.5 Å². The Morgan fingerprint density at radius 3 is 2.57 bits per heavy atom. The second-order valence-corrected chi connectivity index (χ2v) is 3.21. The molecule has 0 bridgehead atoms. The van der Waals surface area contributed by atoms with Crippen LogP contribution < -0.4 is 5.32 Å². The van der Waals surface area contributed by atoms with Gasteiger partial charge in [-0.15, -0.1) is 0 Å². The van der Waals surface area contributed by atoms with Crippen molar-refractivity contribution in [3.05, 3.63) is 0 Å². The van der Waals surface area contributed by atoms with Crippen LogP contribution in [0, 0.1) is 0 Å². The summed E-state index contributed by atoms with van der Waals surface area (Å²) in [6.07, 6.45) is 1.81. The molecule has 0 aliphatic heterocycles. The van der Waals surface area contributed by atoms with E-state index in [2.05, 4.69) is 28.8 Å². The summed E-state index contributed by atoms with van der Waals surface area (Å²) in [5.41, 5.74) is 0. The largest absolute Gasteiger partial charge is 0.453 e. The zero-order valence-electron chi connectivity index (χ0n) is 9.51. The zero-order chi connectivity index (χ0) is 10.8. The highest BCUT2D eigenvalue weighted by atomic mass is 16.5. The van der Waals surface area contributed by atoms with Crippen LogP contribution in [0.4, 0.5) is 4.79 Å². The van der Waals surface area contributed by atoms with Gasteiger partial charge >= 0.3 is 6.09 Å². The Balaban J connectivity index is 3.37. The van der Waals surface area contributed by atoms with Crippen molar-refractivity contribution in [2.24, 2.45) is 0 Å². The highest BCUT2D eigenvalue weighted by Gasteiger charge is 2.01. The molecule has 4 heteroatoms. The number of hydrogen-bond acceptors (Lipinski definition) is 3. The molecule has 0 saturated carbocycles. The molecule has 0 fully saturated rings. The number of amides is 1. The molecule has 0 atom stereocenters. The molecule has 0 rings (SSSR count). The van der Waals surface area contributed by atoms with E-state index in [1.54, 1.807) is 0 Å². The lowest BCUT2D eigenvalue weighted by molar-refractivity contribution is 0.170. The Bertz CT molecular complexity index is 151. The zero-order valence-corrected chi connectivity index (χ0v) is 9.51. The number of carbonyl (C=O) groups is 1. The van der Waals surface area contributed by atoms with Crippen LogP contribution in [0.1, 0.15) is 26.7 Å². The first-order chi connectivity index (χ1) is 6.74. The fourth-order valence-corrected chi connectivity index (χ4v) is 1.31. The standard InChI is InChI=1S/C10H22N2O2/c1-4-8-12(5-2)9-6-7-11-10(13)14-3/h4-9H2,1-3H3,(H,11,13). The van der Waals surface area contributed by atoms with Crippen molar-refractivity contribution in [3.63, 3.8) is 0 Å². The number of rotatable bonds is 7. The van der Waals surface area contributed by atoms with Crippen molar-refractivity contribution in [1.29, 1.82) is 0 Å². The fourth-order valence-electron chi connectivity index (χ4n) is 1.31. The average molecular weight is 202 g/mol. The van der Waals surface area contributed by atoms with Crippen LogP contribution in [0.2, 0.25) is 0 Å². The molecule has 4 nitrogen and oxygen atoms in total. The maximum atomic E-state index is 10.7. The van der Waals surface area contributed by atoms with Gasteiger partial charge < -0.3 is 15.0 Å². The molecule has 0 aliphatic rings. The van der Waals surface area contributed by atoms with Gasteiger partial charge in [0.25, 0.3) is 0 Å². The quantitative estimate of drug-likeness (QED) is 0.636. The third-order valence-corrected chi connectivity index (χ3v) is 2.09. The van der Waals surface area contributed by atoms with Crippen LogP contribution in [0.3, 0.4) is 0 Å². The Hall–Kier alpha value is -0.770. The molecule has 0 aliphatic carbocycles. The molecule has 0 aromatic rings. The minimum atomic E-state index is -0.344. The summed E-state index contributed by atoms with van der Waals surface area (Å²) in [5, 5.41) is 2.67. The Kier molecular flexibility index (Phi) is 8.33. The fraction of sp³-hybridized carbons (Fsp3) is 0.900. The van der Waals surface area contributed by atoms with Crippen LogP contribution in [0.15, 0.2) is 0 Å². The summed E-state index contributed by atoms with van der Waals surface area (Å²) in [7, 11) is 1.38. The molecule has 0 unspecified atom stereocenters. The van der Waals surface area contributed by atoms with Gasteiger partial charge in [0.2, 0.25) is 0 Å². The lowest BCUT2D eigenvalue weighted by Gasteiger charge is -2.19. The molecule has 1 amide bonds. The molecule has 0 spiro atoms. The van der Waals surface area contributed by atoms with Crippen molar-refractivity contribution >= 4 is 6.09 Å². The van der Waals surface area contributed by atoms with Gasteiger partial charge in [0.1, 0.15) is 0 Å². The third-order valence-electron chi connectivity index (χ3n) is 2.09. The molecule has 0 radical (unpaired) electrons. The topological polar surface area (TPSA) is 41.6 Å². The van der Waals surface area contributed by atoms with E-state index in [1.165, 1.54) is 13.5 Å². The molecule has 0 aromatic heterocycles. The predicted octanol–water partition coefficient (Wildman–Crippen LogP) is 1.46. The molecule has 0 heterocycles. The van der Waals surface area contributed by atoms with E-state index in [4.69, 9.17) is 0 Å². The molecule has 0 aromatic carbocycles. The Morgan fingerprint density at radius 1 is 1.36 bits per heavy atom. The van der Waals surface area contributed by atoms with Crippen molar-refractivity contribution in [2.75, 3.05) is 33.3 Å². The van der Waals surface area contributed by atoms with Gasteiger partial charge in [0.15, 0.2) is 0 Å². The van der Waals surface area contributed by atoms with Crippen LogP contribution in [0.25, 0.3) is 0 Å². The number of alkyl carbamates (subject to hydrolysis) is 1. The number of methoxy groups -OCH3 is 1. The number of carbonyl (C=O) groups excluding carboxylic acids is 1. The molecule has 14 heavy (non-hydrogen) atoms. The molecular formula is C10H22N2O2. The lowest BCUT2D eigenvalue weighted by atomic mass is 10.3. The van der Waals surface area contributed by atoms with Gasteiger partial charge in [0.05, 0.1) is 7.11 Å². The number of nitrogens with one attached hydrogen (secondary N) is 1. The first-order valence-electron chi connectivity index (χ1n) is 5.28. The van der Waals surface area contributed by atoms with Crippen LogP contribution in [0.5, 0.6) is 0 Å². The van der Waals surface area contributed by atoms with E-state index in [0.29, 0.717) is 6.54 Å². The second kappa shape index (κ2) is 8.81. The summed E-state index contributed by atoms with van der Waals surface area (Å²) in [4.78, 5) is 13.1. The highest BCUT2D eigenvalue weighted by Crippen LogP contribution is 1.92. The molecule has 1 N–H and O–H groups in total. The smallest absolute Gasteiger partial charge is 0.406 e. The molecule has 84 valence electrons. The minimum absolute atomic E-state index is 0.344.